The zero-order chi connectivity index (χ0) is 23.1. The SMILES string of the molecule is O=C(NNC(=S)Nc1ccccc1F)c1ccc(Cl)c(S(=O)(=O)NCc2ccccc2)c1. The number of amides is 1. The monoisotopic (exact) mass is 492 g/mol. The predicted octanol–water partition coefficient (Wildman–Crippen LogP) is 3.59. The van der Waals surface area contributed by atoms with Gasteiger partial charge in [0, 0.05) is 12.1 Å². The van der Waals surface area contributed by atoms with Crippen LogP contribution in [0.2, 0.25) is 5.02 Å². The van der Waals surface area contributed by atoms with Crippen LogP contribution in [0.4, 0.5) is 10.1 Å². The summed E-state index contributed by atoms with van der Waals surface area (Å²) in [4.78, 5) is 12.2. The van der Waals surface area contributed by atoms with Gasteiger partial charge in [-0.15, -0.1) is 0 Å². The molecule has 3 aromatic rings. The second-order valence-corrected chi connectivity index (χ2v) is 9.02. The number of hydrazine groups is 1. The van der Waals surface area contributed by atoms with Crippen LogP contribution in [-0.2, 0) is 16.6 Å². The molecule has 3 aromatic carbocycles. The van der Waals surface area contributed by atoms with Crippen LogP contribution in [0.1, 0.15) is 15.9 Å². The third-order valence-electron chi connectivity index (χ3n) is 4.20. The van der Waals surface area contributed by atoms with E-state index in [1.165, 1.54) is 30.3 Å². The van der Waals surface area contributed by atoms with Crippen molar-refractivity contribution < 1.29 is 17.6 Å². The molecule has 0 spiro atoms. The molecule has 0 atom stereocenters. The number of halogens is 2. The molecule has 0 bridgehead atoms. The first kappa shape index (κ1) is 23.6. The lowest BCUT2D eigenvalue weighted by molar-refractivity contribution is 0.0944. The molecule has 0 aliphatic rings. The molecule has 0 fully saturated rings. The van der Waals surface area contributed by atoms with E-state index in [-0.39, 0.29) is 32.8 Å². The maximum atomic E-state index is 13.7. The summed E-state index contributed by atoms with van der Waals surface area (Å²) in [5.41, 5.74) is 5.67. The summed E-state index contributed by atoms with van der Waals surface area (Å²) in [5, 5.41) is 2.50. The Bertz CT molecular complexity index is 1240. The number of hydrogen-bond donors (Lipinski definition) is 4. The van der Waals surface area contributed by atoms with Crippen molar-refractivity contribution in [2.24, 2.45) is 0 Å². The first-order valence-electron chi connectivity index (χ1n) is 9.21. The van der Waals surface area contributed by atoms with Crippen LogP contribution in [0.3, 0.4) is 0 Å². The molecule has 1 amide bonds. The normalized spacial score (nSPS) is 10.9. The summed E-state index contributed by atoms with van der Waals surface area (Å²) >= 11 is 11.1. The van der Waals surface area contributed by atoms with Gasteiger partial charge >= 0.3 is 0 Å². The summed E-state index contributed by atoms with van der Waals surface area (Å²) in [6.45, 7) is 0.0630. The van der Waals surface area contributed by atoms with Gasteiger partial charge in [-0.05, 0) is 48.1 Å². The van der Waals surface area contributed by atoms with E-state index < -0.39 is 21.7 Å². The number of sulfonamides is 1. The molecule has 3 rings (SSSR count). The van der Waals surface area contributed by atoms with Gasteiger partial charge in [0.1, 0.15) is 10.7 Å². The van der Waals surface area contributed by atoms with Crippen molar-refractivity contribution in [3.8, 4) is 0 Å². The third-order valence-corrected chi connectivity index (χ3v) is 6.29. The van der Waals surface area contributed by atoms with Crippen LogP contribution >= 0.6 is 23.8 Å². The van der Waals surface area contributed by atoms with Gasteiger partial charge < -0.3 is 5.32 Å². The second-order valence-electron chi connectivity index (χ2n) is 6.47. The maximum absolute atomic E-state index is 13.7. The minimum Gasteiger partial charge on any atom is -0.329 e. The Hall–Kier alpha value is -3.05. The number of para-hydroxylation sites is 1. The Morgan fingerprint density at radius 1 is 0.969 bits per heavy atom. The fraction of sp³-hybridized carbons (Fsp3) is 0.0476. The molecule has 0 aliphatic heterocycles. The van der Waals surface area contributed by atoms with Crippen molar-refractivity contribution >= 4 is 50.5 Å². The molecule has 4 N–H and O–H groups in total. The quantitative estimate of drug-likeness (QED) is 0.310. The van der Waals surface area contributed by atoms with Crippen molar-refractivity contribution in [1.29, 1.82) is 0 Å². The lowest BCUT2D eigenvalue weighted by atomic mass is 10.2. The Kier molecular flexibility index (Phi) is 7.75. The fourth-order valence-corrected chi connectivity index (χ4v) is 4.31. The van der Waals surface area contributed by atoms with Crippen LogP contribution in [0.5, 0.6) is 0 Å². The Morgan fingerprint density at radius 2 is 1.66 bits per heavy atom. The minimum atomic E-state index is -3.98. The minimum absolute atomic E-state index is 0.0238. The molecule has 0 saturated carbocycles. The fourth-order valence-electron chi connectivity index (χ4n) is 2.60. The van der Waals surface area contributed by atoms with E-state index in [4.69, 9.17) is 23.8 Å². The van der Waals surface area contributed by atoms with Crippen molar-refractivity contribution in [1.82, 2.24) is 15.6 Å². The number of carbonyl (C=O) groups excluding carboxylic acids is 1. The van der Waals surface area contributed by atoms with Crippen LogP contribution < -0.4 is 20.9 Å². The van der Waals surface area contributed by atoms with Crippen LogP contribution in [0, 0.1) is 5.82 Å². The molecule has 32 heavy (non-hydrogen) atoms. The van der Waals surface area contributed by atoms with E-state index >= 15 is 0 Å². The molecule has 0 radical (unpaired) electrons. The Labute approximate surface area is 195 Å². The average molecular weight is 493 g/mol. The van der Waals surface area contributed by atoms with Gasteiger partial charge in [-0.2, -0.15) is 0 Å². The number of nitrogens with one attached hydrogen (secondary N) is 4. The third kappa shape index (κ3) is 6.24. The van der Waals surface area contributed by atoms with E-state index in [1.54, 1.807) is 30.3 Å². The summed E-state index contributed by atoms with van der Waals surface area (Å²) in [6, 6.07) is 18.7. The van der Waals surface area contributed by atoms with Gasteiger partial charge in [-0.3, -0.25) is 15.6 Å². The molecular formula is C21H18ClFN4O3S2. The lowest BCUT2D eigenvalue weighted by Gasteiger charge is -2.13. The molecular weight excluding hydrogens is 475 g/mol. The Morgan fingerprint density at radius 3 is 2.38 bits per heavy atom. The van der Waals surface area contributed by atoms with E-state index in [1.807, 2.05) is 6.07 Å². The first-order chi connectivity index (χ1) is 15.3. The number of anilines is 1. The molecule has 0 saturated heterocycles. The van der Waals surface area contributed by atoms with Crippen LogP contribution in [0.25, 0.3) is 0 Å². The molecule has 0 aromatic heterocycles. The topological polar surface area (TPSA) is 99.3 Å². The van der Waals surface area contributed by atoms with Crippen molar-refractivity contribution in [3.63, 3.8) is 0 Å². The highest BCUT2D eigenvalue weighted by atomic mass is 35.5. The number of hydrogen-bond acceptors (Lipinski definition) is 4. The van der Waals surface area contributed by atoms with Crippen LogP contribution in [-0.4, -0.2) is 19.4 Å². The highest BCUT2D eigenvalue weighted by Crippen LogP contribution is 2.23. The van der Waals surface area contributed by atoms with Crippen molar-refractivity contribution in [2.45, 2.75) is 11.4 Å². The molecule has 0 heterocycles. The number of rotatable bonds is 6. The van der Waals surface area contributed by atoms with Gasteiger partial charge in [0.2, 0.25) is 10.0 Å². The van der Waals surface area contributed by atoms with Gasteiger partial charge in [0.05, 0.1) is 10.7 Å². The van der Waals surface area contributed by atoms with Crippen LogP contribution in [0.15, 0.2) is 77.7 Å². The van der Waals surface area contributed by atoms with E-state index in [2.05, 4.69) is 20.9 Å². The first-order valence-corrected chi connectivity index (χ1v) is 11.5. The van der Waals surface area contributed by atoms with Gasteiger partial charge in [-0.25, -0.2) is 17.5 Å². The average Bonchev–Trinajstić information content (AvgIpc) is 2.78. The van der Waals surface area contributed by atoms with E-state index in [0.29, 0.717) is 0 Å². The van der Waals surface area contributed by atoms with Gasteiger partial charge in [-0.1, -0.05) is 54.1 Å². The molecule has 0 aliphatic carbocycles. The lowest BCUT2D eigenvalue weighted by Crippen LogP contribution is -2.43. The summed E-state index contributed by atoms with van der Waals surface area (Å²) in [6.07, 6.45) is 0. The molecule has 7 nitrogen and oxygen atoms in total. The summed E-state index contributed by atoms with van der Waals surface area (Å²) in [7, 11) is -3.98. The largest absolute Gasteiger partial charge is 0.329 e. The highest BCUT2D eigenvalue weighted by molar-refractivity contribution is 7.89. The van der Waals surface area contributed by atoms with E-state index in [9.17, 15) is 17.6 Å². The van der Waals surface area contributed by atoms with Crippen molar-refractivity contribution in [3.05, 3.63) is 94.8 Å². The molecule has 166 valence electrons. The van der Waals surface area contributed by atoms with Gasteiger partial charge in [0.25, 0.3) is 5.91 Å². The second kappa shape index (κ2) is 10.5. The van der Waals surface area contributed by atoms with Gasteiger partial charge in [0.15, 0.2) is 5.11 Å². The molecule has 0 unspecified atom stereocenters. The Balaban J connectivity index is 1.65. The van der Waals surface area contributed by atoms with E-state index in [0.717, 1.165) is 11.6 Å². The standard InChI is InChI=1S/C21H18ClFN4O3S2/c22-16-11-10-15(12-19(16)32(29,30)24-13-14-6-2-1-3-7-14)20(28)26-27-21(31)25-18-9-5-4-8-17(18)23/h1-12,24H,13H2,(H,26,28)(H2,25,27,31). The highest BCUT2D eigenvalue weighted by Gasteiger charge is 2.20. The predicted molar refractivity (Wildman–Crippen MR) is 125 cm³/mol. The smallest absolute Gasteiger partial charge is 0.269 e. The zero-order valence-electron chi connectivity index (χ0n) is 16.4. The number of benzene rings is 3. The summed E-state index contributed by atoms with van der Waals surface area (Å²) < 4.78 is 41.5. The molecule has 11 heteroatoms. The zero-order valence-corrected chi connectivity index (χ0v) is 18.8. The van der Waals surface area contributed by atoms with Crippen molar-refractivity contribution in [2.75, 3.05) is 5.32 Å². The maximum Gasteiger partial charge on any atom is 0.269 e. The number of thiocarbonyl (C=S) groups is 1. The summed E-state index contributed by atoms with van der Waals surface area (Å²) in [5.74, 6) is -1.18. The number of carbonyl (C=O) groups is 1.